The third-order valence-electron chi connectivity index (χ3n) is 3.21. The van der Waals surface area contributed by atoms with Gasteiger partial charge in [-0.05, 0) is 31.2 Å². The fourth-order valence-corrected chi connectivity index (χ4v) is 2.05. The van der Waals surface area contributed by atoms with Crippen LogP contribution in [0.2, 0.25) is 0 Å². The van der Waals surface area contributed by atoms with Crippen molar-refractivity contribution in [1.29, 1.82) is 0 Å². The van der Waals surface area contributed by atoms with E-state index < -0.39 is 18.6 Å². The summed E-state index contributed by atoms with van der Waals surface area (Å²) in [6.45, 7) is -1.19. The number of anilines is 2. The van der Waals surface area contributed by atoms with Crippen LogP contribution >= 0.6 is 0 Å². The highest BCUT2D eigenvalue weighted by Crippen LogP contribution is 2.32. The molecule has 2 N–H and O–H groups in total. The number of hydrogen-bond donors (Lipinski definition) is 2. The van der Waals surface area contributed by atoms with Gasteiger partial charge in [0.1, 0.15) is 5.75 Å². The molecule has 0 saturated carbocycles. The minimum atomic E-state index is -2.81. The molecule has 23 heavy (non-hydrogen) atoms. The van der Waals surface area contributed by atoms with Crippen molar-refractivity contribution in [2.45, 2.75) is 19.6 Å². The van der Waals surface area contributed by atoms with E-state index in [0.717, 1.165) is 6.20 Å². The standard InChI is InChI=1S/C14H12F2N4O3/c1-7-12(21)18-10-6-8(2-3-11(10)23-7)17-13(22)9-4-5-20(19-9)14(15)16/h2-7,14H,1H3,(H,17,22)(H,18,21). The summed E-state index contributed by atoms with van der Waals surface area (Å²) in [5.74, 6) is -0.450. The Kier molecular flexibility index (Phi) is 3.68. The van der Waals surface area contributed by atoms with Gasteiger partial charge in [-0.25, -0.2) is 4.68 Å². The molecule has 0 saturated heterocycles. The number of nitrogens with one attached hydrogen (secondary N) is 2. The van der Waals surface area contributed by atoms with Crippen molar-refractivity contribution in [1.82, 2.24) is 9.78 Å². The van der Waals surface area contributed by atoms with E-state index in [-0.39, 0.29) is 11.6 Å². The van der Waals surface area contributed by atoms with Crippen LogP contribution in [0.15, 0.2) is 30.5 Å². The summed E-state index contributed by atoms with van der Waals surface area (Å²) in [6.07, 6.45) is 0.420. The molecule has 1 aliphatic rings. The summed E-state index contributed by atoms with van der Waals surface area (Å²) in [7, 11) is 0. The van der Waals surface area contributed by atoms with Crippen molar-refractivity contribution >= 4 is 23.2 Å². The number of fused-ring (bicyclic) bond motifs is 1. The molecule has 0 spiro atoms. The molecule has 3 rings (SSSR count). The number of alkyl halides is 2. The van der Waals surface area contributed by atoms with Gasteiger partial charge in [0.2, 0.25) is 0 Å². The first-order valence-corrected chi connectivity index (χ1v) is 6.70. The number of ether oxygens (including phenoxy) is 1. The largest absolute Gasteiger partial charge is 0.479 e. The topological polar surface area (TPSA) is 85.2 Å². The van der Waals surface area contributed by atoms with Crippen LogP contribution in [-0.2, 0) is 4.79 Å². The fourth-order valence-electron chi connectivity index (χ4n) is 2.05. The Balaban J connectivity index is 1.76. The van der Waals surface area contributed by atoms with E-state index in [4.69, 9.17) is 4.74 Å². The van der Waals surface area contributed by atoms with Crippen LogP contribution in [0, 0.1) is 0 Å². The van der Waals surface area contributed by atoms with Crippen LogP contribution in [0.1, 0.15) is 24.0 Å². The van der Waals surface area contributed by atoms with Crippen molar-refractivity contribution in [2.75, 3.05) is 10.6 Å². The summed E-state index contributed by atoms with van der Waals surface area (Å²) < 4.78 is 30.7. The summed E-state index contributed by atoms with van der Waals surface area (Å²) in [4.78, 5) is 23.6. The Morgan fingerprint density at radius 1 is 1.43 bits per heavy atom. The predicted octanol–water partition coefficient (Wildman–Crippen LogP) is 2.25. The van der Waals surface area contributed by atoms with Crippen LogP contribution in [0.25, 0.3) is 0 Å². The lowest BCUT2D eigenvalue weighted by molar-refractivity contribution is -0.122. The van der Waals surface area contributed by atoms with Gasteiger partial charge in [0.15, 0.2) is 11.8 Å². The molecular formula is C14H12F2N4O3. The van der Waals surface area contributed by atoms with Gasteiger partial charge in [-0.2, -0.15) is 13.9 Å². The van der Waals surface area contributed by atoms with Gasteiger partial charge in [-0.3, -0.25) is 9.59 Å². The van der Waals surface area contributed by atoms with Crippen molar-refractivity contribution in [3.63, 3.8) is 0 Å². The van der Waals surface area contributed by atoms with Gasteiger partial charge in [0.25, 0.3) is 11.8 Å². The number of aromatic nitrogens is 2. The molecule has 1 atom stereocenters. The number of carbonyl (C=O) groups is 2. The van der Waals surface area contributed by atoms with Crippen molar-refractivity contribution in [2.24, 2.45) is 0 Å². The zero-order chi connectivity index (χ0) is 16.6. The van der Waals surface area contributed by atoms with E-state index in [1.165, 1.54) is 12.1 Å². The molecule has 1 aromatic heterocycles. The lowest BCUT2D eigenvalue weighted by Crippen LogP contribution is -2.34. The van der Waals surface area contributed by atoms with Gasteiger partial charge >= 0.3 is 6.55 Å². The normalized spacial score (nSPS) is 16.5. The second-order valence-corrected chi connectivity index (χ2v) is 4.87. The first-order chi connectivity index (χ1) is 10.9. The quantitative estimate of drug-likeness (QED) is 0.907. The zero-order valence-corrected chi connectivity index (χ0v) is 11.9. The Morgan fingerprint density at radius 2 is 2.22 bits per heavy atom. The van der Waals surface area contributed by atoms with E-state index >= 15 is 0 Å². The van der Waals surface area contributed by atoms with E-state index in [0.29, 0.717) is 21.8 Å². The molecule has 9 heteroatoms. The van der Waals surface area contributed by atoms with Crippen LogP contribution in [0.5, 0.6) is 5.75 Å². The summed E-state index contributed by atoms with van der Waals surface area (Å²) >= 11 is 0. The SMILES string of the molecule is CC1Oc2ccc(NC(=O)c3ccn(C(F)F)n3)cc2NC1=O. The average molecular weight is 322 g/mol. The molecule has 0 fully saturated rings. The Morgan fingerprint density at radius 3 is 2.91 bits per heavy atom. The average Bonchev–Trinajstić information content (AvgIpc) is 2.99. The summed E-state index contributed by atoms with van der Waals surface area (Å²) in [5, 5.41) is 8.64. The third kappa shape index (κ3) is 2.98. The first kappa shape index (κ1) is 14.9. The van der Waals surface area contributed by atoms with Gasteiger partial charge in [-0.1, -0.05) is 0 Å². The number of hydrogen-bond acceptors (Lipinski definition) is 4. The van der Waals surface area contributed by atoms with E-state index in [1.807, 2.05) is 0 Å². The number of halogens is 2. The highest BCUT2D eigenvalue weighted by atomic mass is 19.3. The van der Waals surface area contributed by atoms with E-state index in [2.05, 4.69) is 15.7 Å². The Bertz CT molecular complexity index is 775. The van der Waals surface area contributed by atoms with Gasteiger partial charge in [0, 0.05) is 11.9 Å². The molecule has 0 aliphatic carbocycles. The Labute approximate surface area is 129 Å². The molecule has 0 radical (unpaired) electrons. The lowest BCUT2D eigenvalue weighted by atomic mass is 10.2. The van der Waals surface area contributed by atoms with E-state index in [1.54, 1.807) is 19.1 Å². The fraction of sp³-hybridized carbons (Fsp3) is 0.214. The number of benzene rings is 1. The summed E-state index contributed by atoms with van der Waals surface area (Å²) in [5.41, 5.74) is 0.653. The van der Waals surface area contributed by atoms with Crippen molar-refractivity contribution < 1.29 is 23.1 Å². The van der Waals surface area contributed by atoms with Crippen LogP contribution in [0.4, 0.5) is 20.2 Å². The maximum Gasteiger partial charge on any atom is 0.333 e. The molecule has 2 heterocycles. The molecule has 0 bridgehead atoms. The van der Waals surface area contributed by atoms with E-state index in [9.17, 15) is 18.4 Å². The minimum Gasteiger partial charge on any atom is -0.479 e. The van der Waals surface area contributed by atoms with Crippen LogP contribution in [0.3, 0.4) is 0 Å². The highest BCUT2D eigenvalue weighted by Gasteiger charge is 2.24. The van der Waals surface area contributed by atoms with Gasteiger partial charge in [0.05, 0.1) is 5.69 Å². The summed E-state index contributed by atoms with van der Waals surface area (Å²) in [6, 6.07) is 5.87. The number of carbonyl (C=O) groups excluding carboxylic acids is 2. The molecule has 1 aromatic carbocycles. The number of amides is 2. The second-order valence-electron chi connectivity index (χ2n) is 4.87. The second kappa shape index (κ2) is 5.67. The Hall–Kier alpha value is -2.97. The molecule has 1 aliphatic heterocycles. The minimum absolute atomic E-state index is 0.142. The molecule has 7 nitrogen and oxygen atoms in total. The molecule has 120 valence electrons. The molecule has 1 unspecified atom stereocenters. The highest BCUT2D eigenvalue weighted by molar-refractivity contribution is 6.04. The number of nitrogens with zero attached hydrogens (tertiary/aromatic N) is 2. The molecule has 2 amide bonds. The van der Waals surface area contributed by atoms with Crippen molar-refractivity contribution in [3.05, 3.63) is 36.2 Å². The van der Waals surface area contributed by atoms with Crippen molar-refractivity contribution in [3.8, 4) is 5.75 Å². The molecular weight excluding hydrogens is 310 g/mol. The third-order valence-corrected chi connectivity index (χ3v) is 3.21. The van der Waals surface area contributed by atoms with Crippen LogP contribution < -0.4 is 15.4 Å². The zero-order valence-electron chi connectivity index (χ0n) is 11.9. The maximum absolute atomic E-state index is 12.4. The maximum atomic E-state index is 12.4. The monoisotopic (exact) mass is 322 g/mol. The van der Waals surface area contributed by atoms with Gasteiger partial charge in [-0.15, -0.1) is 0 Å². The first-order valence-electron chi connectivity index (χ1n) is 6.70. The smallest absolute Gasteiger partial charge is 0.333 e. The van der Waals surface area contributed by atoms with Gasteiger partial charge < -0.3 is 15.4 Å². The predicted molar refractivity (Wildman–Crippen MR) is 76.6 cm³/mol. The number of rotatable bonds is 3. The molecule has 2 aromatic rings. The van der Waals surface area contributed by atoms with Crippen LogP contribution in [-0.4, -0.2) is 27.7 Å². The lowest BCUT2D eigenvalue weighted by Gasteiger charge is -2.23.